The molecular weight excluding hydrogens is 1010 g/mol. The summed E-state index contributed by atoms with van der Waals surface area (Å²) in [6.07, 6.45) is 19.9. The van der Waals surface area contributed by atoms with Gasteiger partial charge in [0.05, 0.1) is 22.8 Å². The summed E-state index contributed by atoms with van der Waals surface area (Å²) in [7, 11) is 0. The minimum Gasteiger partial charge on any atom is -0.357 e. The Kier molecular flexibility index (Phi) is 14.6. The van der Waals surface area contributed by atoms with E-state index in [0.29, 0.717) is 11.3 Å². The van der Waals surface area contributed by atoms with Gasteiger partial charge in [-0.25, -0.2) is 15.0 Å². The number of nitrogens with zero attached hydrogens (tertiary/aromatic N) is 7. The fourth-order valence-electron chi connectivity index (χ4n) is 9.91. The minimum absolute atomic E-state index is 0.206. The average molecular weight is 1070 g/mol. The van der Waals surface area contributed by atoms with Crippen LogP contribution in [0.2, 0.25) is 0 Å². The van der Waals surface area contributed by atoms with Crippen molar-refractivity contribution in [3.8, 4) is 44.3 Å². The van der Waals surface area contributed by atoms with Crippen LogP contribution in [-0.2, 0) is 6.54 Å². The van der Waals surface area contributed by atoms with Crippen molar-refractivity contribution in [2.75, 3.05) is 13.1 Å². The van der Waals surface area contributed by atoms with Crippen molar-refractivity contribution >= 4 is 72.6 Å². The minimum atomic E-state index is -0.227. The Labute approximate surface area is 457 Å². The molecule has 1 saturated heterocycles. The highest BCUT2D eigenvalue weighted by Crippen LogP contribution is 2.38. The van der Waals surface area contributed by atoms with Crippen LogP contribution in [0.25, 0.3) is 94.3 Å². The number of likely N-dealkylation sites (tertiary alicyclic amines) is 1. The summed E-state index contributed by atoms with van der Waals surface area (Å²) in [5, 5.41) is 20.8. The smallest absolute Gasteiger partial charge is 0.181 e. The maximum atomic E-state index is 13.8. The summed E-state index contributed by atoms with van der Waals surface area (Å²) in [5.74, 6) is 0.754. The van der Waals surface area contributed by atoms with Crippen molar-refractivity contribution in [3.05, 3.63) is 221 Å². The van der Waals surface area contributed by atoms with E-state index in [1.54, 1.807) is 30.5 Å². The summed E-state index contributed by atoms with van der Waals surface area (Å²) in [6, 6.07) is 28.9. The third kappa shape index (κ3) is 10.7. The summed E-state index contributed by atoms with van der Waals surface area (Å²) >= 11 is 2.24. The first-order valence-corrected chi connectivity index (χ1v) is 27.0. The standard InChI is InChI=1S/C34H30FN5S.C28H24FN7S/c1-6-12-27(31-15-16-32(35)41-31)28-19-30(38-22(28)5)33-29-18-25(20-36-34(29)40-39-33)23(7-2)17-26(8-3)37-21(4)24-13-10-9-11-14-24;1-16-5-7-36(14-16)15-17-8-18(12-30-11-17)19-9-22-26(34-35-28(22)32-13-19)23-10-21-20(4-6-31-27(21)33-23)24-2-3-25(29)37-24/h6-20,37-38H,1,3-4H2,2,5H3,(H,36,39,40);2-4,6,8-13,16H,5,7,14-15H2,1H3,(H,31,33)(H,32,34,35)/b23-7+,26-17+,27-12+;. The number of aromatic nitrogens is 10. The molecule has 1 unspecified atom stereocenters. The molecule has 78 heavy (non-hydrogen) atoms. The number of H-pyrrole nitrogens is 4. The SMILES string of the molecule is C=C/C=C(/c1ccc(F)s1)c1cc(-c2[nH]nc3ncc(C(/C=C(\C=C)NC(=C)c4ccccc4)=C/C)cc23)[nH]c1C.CC1CCN(Cc2cncc(-c3cnc4n[nH]c(-c5cc6c(-c7ccc(F)s7)ccnc6[nH]5)c4c3)c2)C1. The van der Waals surface area contributed by atoms with Crippen molar-refractivity contribution < 1.29 is 8.78 Å². The number of aryl methyl sites for hydroxylation is 1. The van der Waals surface area contributed by atoms with Gasteiger partial charge in [0, 0.05) is 120 Å². The zero-order valence-corrected chi connectivity index (χ0v) is 44.8. The van der Waals surface area contributed by atoms with E-state index in [0.717, 1.165) is 164 Å². The lowest BCUT2D eigenvalue weighted by Gasteiger charge is -2.15. The zero-order chi connectivity index (χ0) is 53.9. The number of benzene rings is 1. The zero-order valence-electron chi connectivity index (χ0n) is 43.2. The molecule has 0 saturated carbocycles. The lowest BCUT2D eigenvalue weighted by Crippen LogP contribution is -2.19. The fourth-order valence-corrected chi connectivity index (χ4v) is 11.4. The Hall–Kier alpha value is -8.96. The van der Waals surface area contributed by atoms with E-state index in [4.69, 9.17) is 0 Å². The second-order valence-corrected chi connectivity index (χ2v) is 21.2. The van der Waals surface area contributed by atoms with Crippen LogP contribution in [0.1, 0.15) is 53.1 Å². The molecule has 5 N–H and O–H groups in total. The van der Waals surface area contributed by atoms with Crippen molar-refractivity contribution in [1.82, 2.24) is 60.5 Å². The van der Waals surface area contributed by atoms with E-state index in [-0.39, 0.29) is 10.3 Å². The van der Waals surface area contributed by atoms with Crippen molar-refractivity contribution in [1.29, 1.82) is 0 Å². The quantitative estimate of drug-likeness (QED) is 0.0636. The number of thiophene rings is 2. The summed E-state index contributed by atoms with van der Waals surface area (Å²) in [6.45, 7) is 21.5. The van der Waals surface area contributed by atoms with Gasteiger partial charge >= 0.3 is 0 Å². The fraction of sp³-hybridized carbons (Fsp3) is 0.129. The highest BCUT2D eigenvalue weighted by Gasteiger charge is 2.21. The third-order valence-corrected chi connectivity index (χ3v) is 15.6. The molecule has 0 aliphatic carbocycles. The number of allylic oxidation sites excluding steroid dienone is 6. The molecular formula is C62H54F2N12S2. The van der Waals surface area contributed by atoms with Crippen LogP contribution >= 0.6 is 22.7 Å². The number of hydrogen-bond donors (Lipinski definition) is 5. The molecule has 0 bridgehead atoms. The van der Waals surface area contributed by atoms with Crippen molar-refractivity contribution in [3.63, 3.8) is 0 Å². The second-order valence-electron chi connectivity index (χ2n) is 19.2. The lowest BCUT2D eigenvalue weighted by molar-refractivity contribution is 0.320. The molecule has 0 spiro atoms. The number of halogens is 2. The van der Waals surface area contributed by atoms with Gasteiger partial charge in [-0.15, -0.1) is 22.7 Å². The predicted octanol–water partition coefficient (Wildman–Crippen LogP) is 15.1. The number of nitrogens with one attached hydrogen (secondary N) is 5. The number of hydrogen-bond acceptors (Lipinski definition) is 10. The monoisotopic (exact) mass is 1070 g/mol. The Morgan fingerprint density at radius 2 is 1.54 bits per heavy atom. The normalized spacial score (nSPS) is 14.3. The molecule has 0 amide bonds. The number of rotatable bonds is 15. The van der Waals surface area contributed by atoms with Crippen molar-refractivity contribution in [2.45, 2.75) is 33.7 Å². The van der Waals surface area contributed by atoms with Crippen LogP contribution in [0.4, 0.5) is 8.78 Å². The number of aromatic amines is 4. The molecule has 1 aromatic carbocycles. The maximum Gasteiger partial charge on any atom is 0.181 e. The molecule has 0 radical (unpaired) electrons. The van der Waals surface area contributed by atoms with Gasteiger partial charge in [-0.2, -0.15) is 19.0 Å². The first kappa shape index (κ1) is 51.2. The van der Waals surface area contributed by atoms with Crippen LogP contribution in [-0.4, -0.2) is 68.3 Å². The van der Waals surface area contributed by atoms with Crippen molar-refractivity contribution in [2.24, 2.45) is 5.92 Å². The van der Waals surface area contributed by atoms with Gasteiger partial charge in [-0.05, 0) is 122 Å². The molecule has 388 valence electrons. The van der Waals surface area contributed by atoms with Gasteiger partial charge in [0.2, 0.25) is 0 Å². The molecule has 16 heteroatoms. The molecule has 1 fully saturated rings. The van der Waals surface area contributed by atoms with Crippen LogP contribution < -0.4 is 5.32 Å². The molecule has 12 nitrogen and oxygen atoms in total. The van der Waals surface area contributed by atoms with Crippen LogP contribution in [0.15, 0.2) is 178 Å². The van der Waals surface area contributed by atoms with Crippen LogP contribution in [0, 0.1) is 23.1 Å². The third-order valence-electron chi connectivity index (χ3n) is 13.8. The van der Waals surface area contributed by atoms with Gasteiger partial charge in [0.25, 0.3) is 0 Å². The Morgan fingerprint density at radius 3 is 2.24 bits per heavy atom. The Morgan fingerprint density at radius 1 is 0.795 bits per heavy atom. The number of pyridine rings is 4. The second kappa shape index (κ2) is 22.3. The molecule has 1 atom stereocenters. The summed E-state index contributed by atoms with van der Waals surface area (Å²) in [5.41, 5.74) is 16.8. The number of fused-ring (bicyclic) bond motifs is 3. The Bertz CT molecular complexity index is 4130. The Balaban J connectivity index is 0.000000166. The first-order valence-electron chi connectivity index (χ1n) is 25.4. The van der Waals surface area contributed by atoms with E-state index in [1.807, 2.05) is 105 Å². The molecule has 12 rings (SSSR count). The largest absolute Gasteiger partial charge is 0.357 e. The average Bonchev–Trinajstić information content (AvgIpc) is 4.46. The molecule has 10 aromatic heterocycles. The van der Waals surface area contributed by atoms with E-state index < -0.39 is 0 Å². The predicted molar refractivity (Wildman–Crippen MR) is 315 cm³/mol. The topological polar surface area (TPSA) is 156 Å². The van der Waals surface area contributed by atoms with Crippen LogP contribution in [0.3, 0.4) is 0 Å². The van der Waals surface area contributed by atoms with E-state index in [2.05, 4.69) is 105 Å². The lowest BCUT2D eigenvalue weighted by atomic mass is 10.0. The van der Waals surface area contributed by atoms with Gasteiger partial charge in [0.15, 0.2) is 21.6 Å². The highest BCUT2D eigenvalue weighted by molar-refractivity contribution is 7.14. The van der Waals surface area contributed by atoms with Crippen LogP contribution in [0.5, 0.6) is 0 Å². The molecule has 1 aliphatic heterocycles. The van der Waals surface area contributed by atoms with E-state index in [9.17, 15) is 8.78 Å². The highest BCUT2D eigenvalue weighted by atomic mass is 32.1. The van der Waals surface area contributed by atoms with Gasteiger partial charge < -0.3 is 15.3 Å². The van der Waals surface area contributed by atoms with E-state index >= 15 is 0 Å². The van der Waals surface area contributed by atoms with Gasteiger partial charge in [0.1, 0.15) is 5.65 Å². The first-order chi connectivity index (χ1) is 38.0. The van der Waals surface area contributed by atoms with Gasteiger partial charge in [-0.3, -0.25) is 20.1 Å². The molecule has 11 heterocycles. The van der Waals surface area contributed by atoms with Gasteiger partial charge in [-0.1, -0.05) is 75.2 Å². The molecule has 1 aliphatic rings. The molecule has 11 aromatic rings. The van der Waals surface area contributed by atoms with E-state index in [1.165, 1.54) is 24.1 Å². The maximum absolute atomic E-state index is 13.8. The summed E-state index contributed by atoms with van der Waals surface area (Å²) in [4.78, 5) is 29.3. The summed E-state index contributed by atoms with van der Waals surface area (Å²) < 4.78 is 27.5.